The van der Waals surface area contributed by atoms with Crippen LogP contribution in [-0.2, 0) is 0 Å². The van der Waals surface area contributed by atoms with E-state index in [0.717, 1.165) is 12.1 Å². The van der Waals surface area contributed by atoms with E-state index >= 15 is 0 Å². The first-order chi connectivity index (χ1) is 9.88. The number of hydrogen-bond acceptors (Lipinski definition) is 2. The summed E-state index contributed by atoms with van der Waals surface area (Å²) in [7, 11) is 0. The zero-order chi connectivity index (χ0) is 15.5. The van der Waals surface area contributed by atoms with Gasteiger partial charge in [0.25, 0.3) is 0 Å². The van der Waals surface area contributed by atoms with Crippen LogP contribution in [0.1, 0.15) is 36.0 Å². The molecule has 0 atom stereocenters. The summed E-state index contributed by atoms with van der Waals surface area (Å²) in [4.78, 5) is 10.6. The molecular weight excluding hydrogens is 288 g/mol. The summed E-state index contributed by atoms with van der Waals surface area (Å²) in [6, 6.07) is 3.67. The van der Waals surface area contributed by atoms with Gasteiger partial charge in [-0.25, -0.2) is 4.39 Å². The zero-order valence-corrected chi connectivity index (χ0v) is 11.3. The van der Waals surface area contributed by atoms with Crippen molar-refractivity contribution in [3.8, 4) is 5.75 Å². The second-order valence-electron chi connectivity index (χ2n) is 5.41. The zero-order valence-electron chi connectivity index (χ0n) is 11.3. The van der Waals surface area contributed by atoms with Crippen LogP contribution in [0.4, 0.5) is 17.6 Å². The van der Waals surface area contributed by atoms with Gasteiger partial charge in [0.15, 0.2) is 0 Å². The van der Waals surface area contributed by atoms with Gasteiger partial charge >= 0.3 is 6.18 Å². The number of hydrogen-bond donors (Lipinski definition) is 0. The maximum Gasteiger partial charge on any atom is 0.391 e. The number of carbonyl (C=O) groups is 1. The average Bonchev–Trinajstić information content (AvgIpc) is 2.44. The van der Waals surface area contributed by atoms with Crippen LogP contribution in [0.3, 0.4) is 0 Å². The minimum absolute atomic E-state index is 0.0338. The van der Waals surface area contributed by atoms with Crippen molar-refractivity contribution in [2.45, 2.75) is 31.9 Å². The van der Waals surface area contributed by atoms with Crippen molar-refractivity contribution < 1.29 is 27.1 Å². The van der Waals surface area contributed by atoms with Gasteiger partial charge in [0.05, 0.1) is 12.5 Å². The van der Waals surface area contributed by atoms with Gasteiger partial charge in [0.1, 0.15) is 17.9 Å². The Bertz CT molecular complexity index is 491. The minimum atomic E-state index is -4.12. The number of halogens is 4. The van der Waals surface area contributed by atoms with Gasteiger partial charge in [-0.2, -0.15) is 13.2 Å². The lowest BCUT2D eigenvalue weighted by Gasteiger charge is -2.29. The van der Waals surface area contributed by atoms with Gasteiger partial charge in [-0.15, -0.1) is 0 Å². The Hall–Kier alpha value is -1.59. The monoisotopic (exact) mass is 304 g/mol. The first-order valence-electron chi connectivity index (χ1n) is 6.84. The number of aldehydes is 1. The Morgan fingerprint density at radius 2 is 1.81 bits per heavy atom. The lowest BCUT2D eigenvalue weighted by molar-refractivity contribution is -0.184. The molecule has 0 N–H and O–H groups in total. The molecule has 1 aliphatic rings. The molecule has 21 heavy (non-hydrogen) atoms. The highest BCUT2D eigenvalue weighted by Crippen LogP contribution is 2.39. The SMILES string of the molecule is O=Cc1cc(F)cc(OCC2CCC(C(F)(F)F)CC2)c1. The van der Waals surface area contributed by atoms with Crippen molar-refractivity contribution in [1.82, 2.24) is 0 Å². The molecule has 1 aromatic rings. The van der Waals surface area contributed by atoms with Gasteiger partial charge in [-0.3, -0.25) is 4.79 Å². The van der Waals surface area contributed by atoms with E-state index in [9.17, 15) is 22.4 Å². The van der Waals surface area contributed by atoms with E-state index in [1.54, 1.807) is 0 Å². The first kappa shape index (κ1) is 15.8. The molecule has 0 saturated heterocycles. The Kier molecular flexibility index (Phi) is 4.85. The van der Waals surface area contributed by atoms with Gasteiger partial charge < -0.3 is 4.74 Å². The molecule has 1 aliphatic carbocycles. The number of ether oxygens (including phenoxy) is 1. The molecule has 0 amide bonds. The third-order valence-corrected chi connectivity index (χ3v) is 3.83. The molecule has 0 bridgehead atoms. The van der Waals surface area contributed by atoms with Crippen LogP contribution >= 0.6 is 0 Å². The van der Waals surface area contributed by atoms with Gasteiger partial charge in [0, 0.05) is 11.6 Å². The smallest absolute Gasteiger partial charge is 0.391 e. The van der Waals surface area contributed by atoms with Gasteiger partial charge in [-0.1, -0.05) is 0 Å². The Balaban J connectivity index is 1.85. The van der Waals surface area contributed by atoms with E-state index in [0.29, 0.717) is 19.1 Å². The fraction of sp³-hybridized carbons (Fsp3) is 0.533. The molecule has 1 fully saturated rings. The number of rotatable bonds is 4. The molecule has 116 valence electrons. The van der Waals surface area contributed by atoms with E-state index in [4.69, 9.17) is 4.74 Å². The largest absolute Gasteiger partial charge is 0.493 e. The third kappa shape index (κ3) is 4.44. The minimum Gasteiger partial charge on any atom is -0.493 e. The summed E-state index contributed by atoms with van der Waals surface area (Å²) in [5.74, 6) is -1.53. The quantitative estimate of drug-likeness (QED) is 0.609. The van der Waals surface area contributed by atoms with Crippen molar-refractivity contribution in [3.05, 3.63) is 29.6 Å². The summed E-state index contributed by atoms with van der Waals surface area (Å²) >= 11 is 0. The second kappa shape index (κ2) is 6.45. The van der Waals surface area contributed by atoms with Crippen molar-refractivity contribution in [3.63, 3.8) is 0 Å². The topological polar surface area (TPSA) is 26.3 Å². The number of alkyl halides is 3. The summed E-state index contributed by atoms with van der Waals surface area (Å²) in [5.41, 5.74) is 0.172. The van der Waals surface area contributed by atoms with E-state index in [2.05, 4.69) is 0 Å². The van der Waals surface area contributed by atoms with E-state index in [1.807, 2.05) is 0 Å². The fourth-order valence-electron chi connectivity index (χ4n) is 2.61. The molecule has 0 spiro atoms. The maximum atomic E-state index is 13.2. The highest BCUT2D eigenvalue weighted by molar-refractivity contribution is 5.75. The van der Waals surface area contributed by atoms with E-state index < -0.39 is 17.9 Å². The molecule has 1 aromatic carbocycles. The van der Waals surface area contributed by atoms with Gasteiger partial charge in [0.2, 0.25) is 0 Å². The molecule has 2 rings (SSSR count). The van der Waals surface area contributed by atoms with E-state index in [-0.39, 0.29) is 36.7 Å². The molecule has 0 aliphatic heterocycles. The lowest BCUT2D eigenvalue weighted by Crippen LogP contribution is -2.29. The number of benzene rings is 1. The van der Waals surface area contributed by atoms with Crippen molar-refractivity contribution in [2.24, 2.45) is 11.8 Å². The summed E-state index contributed by atoms with van der Waals surface area (Å²) in [6.07, 6.45) is -2.49. The normalized spacial score (nSPS) is 22.9. The van der Waals surface area contributed by atoms with Crippen LogP contribution < -0.4 is 4.74 Å². The second-order valence-corrected chi connectivity index (χ2v) is 5.41. The van der Waals surface area contributed by atoms with Crippen LogP contribution in [0.5, 0.6) is 5.75 Å². The van der Waals surface area contributed by atoms with Crippen molar-refractivity contribution in [2.75, 3.05) is 6.61 Å². The van der Waals surface area contributed by atoms with Crippen LogP contribution in [0, 0.1) is 17.7 Å². The van der Waals surface area contributed by atoms with Crippen LogP contribution in [-0.4, -0.2) is 19.1 Å². The molecule has 1 saturated carbocycles. The molecule has 0 aromatic heterocycles. The van der Waals surface area contributed by atoms with Crippen LogP contribution in [0.2, 0.25) is 0 Å². The maximum absolute atomic E-state index is 13.2. The van der Waals surface area contributed by atoms with Crippen molar-refractivity contribution in [1.29, 1.82) is 0 Å². The molecule has 6 heteroatoms. The molecular formula is C15H16F4O2. The highest BCUT2D eigenvalue weighted by atomic mass is 19.4. The highest BCUT2D eigenvalue weighted by Gasteiger charge is 2.41. The summed E-state index contributed by atoms with van der Waals surface area (Å²) in [6.45, 7) is 0.242. The molecule has 0 heterocycles. The van der Waals surface area contributed by atoms with Gasteiger partial charge in [-0.05, 0) is 43.7 Å². The standard InChI is InChI=1S/C15H16F4O2/c16-13-5-11(8-20)6-14(7-13)21-9-10-1-3-12(4-2-10)15(17,18)19/h5-8,10,12H,1-4,9H2. The molecule has 0 radical (unpaired) electrons. The predicted molar refractivity (Wildman–Crippen MR) is 68.8 cm³/mol. The van der Waals surface area contributed by atoms with E-state index in [1.165, 1.54) is 6.07 Å². The molecule has 2 nitrogen and oxygen atoms in total. The third-order valence-electron chi connectivity index (χ3n) is 3.83. The molecule has 0 unspecified atom stereocenters. The van der Waals surface area contributed by atoms with Crippen LogP contribution in [0.25, 0.3) is 0 Å². The van der Waals surface area contributed by atoms with Crippen LogP contribution in [0.15, 0.2) is 18.2 Å². The Morgan fingerprint density at radius 1 is 1.14 bits per heavy atom. The first-order valence-corrected chi connectivity index (χ1v) is 6.84. The average molecular weight is 304 g/mol. The fourth-order valence-corrected chi connectivity index (χ4v) is 2.61. The predicted octanol–water partition coefficient (Wildman–Crippen LogP) is 4.39. The Morgan fingerprint density at radius 3 is 2.38 bits per heavy atom. The summed E-state index contributed by atoms with van der Waals surface area (Å²) in [5, 5.41) is 0. The van der Waals surface area contributed by atoms with Crippen molar-refractivity contribution >= 4 is 6.29 Å². The summed E-state index contributed by atoms with van der Waals surface area (Å²) < 4.78 is 56.2. The Labute approximate surface area is 120 Å². The number of carbonyl (C=O) groups excluding carboxylic acids is 1. The lowest BCUT2D eigenvalue weighted by atomic mass is 9.82.